The highest BCUT2D eigenvalue weighted by atomic mass is 16.5. The lowest BCUT2D eigenvalue weighted by Gasteiger charge is -2.36. The molecule has 0 radical (unpaired) electrons. The van der Waals surface area contributed by atoms with Crippen LogP contribution in [0.25, 0.3) is 0 Å². The van der Waals surface area contributed by atoms with Crippen LogP contribution >= 0.6 is 0 Å². The predicted octanol–water partition coefficient (Wildman–Crippen LogP) is 3.60. The second-order valence-corrected chi connectivity index (χ2v) is 8.89. The Morgan fingerprint density at radius 1 is 0.935 bits per heavy atom. The summed E-state index contributed by atoms with van der Waals surface area (Å²) >= 11 is 0. The van der Waals surface area contributed by atoms with Gasteiger partial charge in [-0.25, -0.2) is 4.90 Å². The summed E-state index contributed by atoms with van der Waals surface area (Å²) in [7, 11) is 0. The molecule has 3 amide bonds. The standard InChI is InChI=1S/C24H30N2O5/c1-16(27)31-20-13-11-19(12-14-20)26-22(28)15-21(24(26)30)25(18-9-5-6-10-18)23(29)17-7-3-2-4-8-17/h11-14,17-18,21H,2-10,15H2,1H3. The minimum absolute atomic E-state index is 0.0273. The number of amides is 3. The van der Waals surface area contributed by atoms with Crippen molar-refractivity contribution >= 4 is 29.4 Å². The minimum Gasteiger partial charge on any atom is -0.427 e. The molecular weight excluding hydrogens is 396 g/mol. The molecule has 1 aliphatic heterocycles. The summed E-state index contributed by atoms with van der Waals surface area (Å²) < 4.78 is 5.03. The number of carbonyl (C=O) groups is 4. The molecular formula is C24H30N2O5. The molecule has 0 N–H and O–H groups in total. The number of imide groups is 1. The number of carbonyl (C=O) groups excluding carboxylic acids is 4. The quantitative estimate of drug-likeness (QED) is 0.408. The Bertz CT molecular complexity index is 853. The second-order valence-electron chi connectivity index (χ2n) is 8.89. The lowest BCUT2D eigenvalue weighted by atomic mass is 9.87. The molecule has 7 heteroatoms. The molecule has 2 saturated carbocycles. The average molecular weight is 427 g/mol. The third-order valence-corrected chi connectivity index (χ3v) is 6.74. The molecule has 1 heterocycles. The Morgan fingerprint density at radius 2 is 1.55 bits per heavy atom. The van der Waals surface area contributed by atoms with Crippen molar-refractivity contribution in [1.29, 1.82) is 0 Å². The van der Waals surface area contributed by atoms with Crippen LogP contribution in [0.3, 0.4) is 0 Å². The van der Waals surface area contributed by atoms with E-state index in [2.05, 4.69) is 0 Å². The monoisotopic (exact) mass is 426 g/mol. The second kappa shape index (κ2) is 9.20. The van der Waals surface area contributed by atoms with Gasteiger partial charge in [0.25, 0.3) is 5.91 Å². The maximum atomic E-state index is 13.5. The molecule has 31 heavy (non-hydrogen) atoms. The first kappa shape index (κ1) is 21.5. The average Bonchev–Trinajstić information content (AvgIpc) is 3.38. The van der Waals surface area contributed by atoms with Crippen LogP contribution in [0.2, 0.25) is 0 Å². The van der Waals surface area contributed by atoms with Crippen molar-refractivity contribution in [2.45, 2.75) is 83.2 Å². The zero-order chi connectivity index (χ0) is 22.0. The first-order valence-electron chi connectivity index (χ1n) is 11.4. The van der Waals surface area contributed by atoms with Gasteiger partial charge in [-0.05, 0) is 49.9 Å². The van der Waals surface area contributed by atoms with Crippen molar-refractivity contribution in [3.63, 3.8) is 0 Å². The number of hydrogen-bond acceptors (Lipinski definition) is 5. The van der Waals surface area contributed by atoms with Crippen LogP contribution in [0, 0.1) is 5.92 Å². The maximum Gasteiger partial charge on any atom is 0.308 e. The van der Waals surface area contributed by atoms with E-state index >= 15 is 0 Å². The lowest BCUT2D eigenvalue weighted by molar-refractivity contribution is -0.145. The maximum absolute atomic E-state index is 13.5. The van der Waals surface area contributed by atoms with Crippen LogP contribution in [0.15, 0.2) is 24.3 Å². The van der Waals surface area contributed by atoms with Gasteiger partial charge < -0.3 is 9.64 Å². The summed E-state index contributed by atoms with van der Waals surface area (Å²) in [5, 5.41) is 0. The molecule has 1 saturated heterocycles. The van der Waals surface area contributed by atoms with Gasteiger partial charge in [-0.1, -0.05) is 32.1 Å². The van der Waals surface area contributed by atoms with Crippen LogP contribution < -0.4 is 9.64 Å². The van der Waals surface area contributed by atoms with Gasteiger partial charge in [0.2, 0.25) is 11.8 Å². The van der Waals surface area contributed by atoms with Crippen molar-refractivity contribution in [2.75, 3.05) is 4.90 Å². The predicted molar refractivity (Wildman–Crippen MR) is 114 cm³/mol. The normalized spacial score (nSPS) is 22.7. The van der Waals surface area contributed by atoms with E-state index in [1.807, 2.05) is 0 Å². The van der Waals surface area contributed by atoms with Crippen LogP contribution in [-0.4, -0.2) is 40.7 Å². The van der Waals surface area contributed by atoms with Crippen molar-refractivity contribution in [2.24, 2.45) is 5.92 Å². The van der Waals surface area contributed by atoms with E-state index in [1.165, 1.54) is 11.8 Å². The molecule has 0 aromatic heterocycles. The Labute approximate surface area is 182 Å². The van der Waals surface area contributed by atoms with Gasteiger partial charge in [0.1, 0.15) is 11.8 Å². The molecule has 3 fully saturated rings. The van der Waals surface area contributed by atoms with E-state index in [9.17, 15) is 19.2 Å². The summed E-state index contributed by atoms with van der Waals surface area (Å²) in [6.07, 6.45) is 8.92. The molecule has 0 bridgehead atoms. The molecule has 166 valence electrons. The zero-order valence-corrected chi connectivity index (χ0v) is 18.0. The molecule has 1 aromatic rings. The van der Waals surface area contributed by atoms with E-state index in [1.54, 1.807) is 29.2 Å². The largest absolute Gasteiger partial charge is 0.427 e. The van der Waals surface area contributed by atoms with Crippen molar-refractivity contribution in [3.05, 3.63) is 24.3 Å². The van der Waals surface area contributed by atoms with Gasteiger partial charge in [-0.3, -0.25) is 19.2 Å². The van der Waals surface area contributed by atoms with E-state index in [0.29, 0.717) is 11.4 Å². The fourth-order valence-electron chi connectivity index (χ4n) is 5.26. The topological polar surface area (TPSA) is 84.0 Å². The number of ether oxygens (including phenoxy) is 1. The number of benzene rings is 1. The van der Waals surface area contributed by atoms with Crippen LogP contribution in [0.4, 0.5) is 5.69 Å². The summed E-state index contributed by atoms with van der Waals surface area (Å²) in [6.45, 7) is 1.31. The Kier molecular flexibility index (Phi) is 6.39. The van der Waals surface area contributed by atoms with Gasteiger partial charge in [-0.2, -0.15) is 0 Å². The van der Waals surface area contributed by atoms with Crippen LogP contribution in [-0.2, 0) is 19.2 Å². The molecule has 1 aromatic carbocycles. The molecule has 3 aliphatic rings. The van der Waals surface area contributed by atoms with Gasteiger partial charge in [0, 0.05) is 18.9 Å². The third kappa shape index (κ3) is 4.50. The van der Waals surface area contributed by atoms with Crippen molar-refractivity contribution in [3.8, 4) is 5.75 Å². The highest BCUT2D eigenvalue weighted by Crippen LogP contribution is 2.35. The van der Waals surface area contributed by atoms with Gasteiger partial charge in [0.15, 0.2) is 0 Å². The molecule has 1 unspecified atom stereocenters. The minimum atomic E-state index is -0.724. The van der Waals surface area contributed by atoms with Gasteiger partial charge in [0.05, 0.1) is 12.1 Å². The summed E-state index contributed by atoms with van der Waals surface area (Å²) in [5.41, 5.74) is 0.435. The van der Waals surface area contributed by atoms with E-state index < -0.39 is 12.0 Å². The summed E-state index contributed by atoms with van der Waals surface area (Å²) in [6, 6.07) is 5.64. The number of nitrogens with zero attached hydrogens (tertiary/aromatic N) is 2. The smallest absolute Gasteiger partial charge is 0.308 e. The summed E-state index contributed by atoms with van der Waals surface area (Å²) in [4.78, 5) is 53.8. The SMILES string of the molecule is CC(=O)Oc1ccc(N2C(=O)CC(N(C(=O)C3CCCCC3)C3CCCC3)C2=O)cc1. The fraction of sp³-hybridized carbons (Fsp3) is 0.583. The molecule has 2 aliphatic carbocycles. The summed E-state index contributed by atoms with van der Waals surface area (Å²) in [5.74, 6) is -0.684. The number of rotatable bonds is 5. The van der Waals surface area contributed by atoms with E-state index in [4.69, 9.17) is 4.74 Å². The van der Waals surface area contributed by atoms with Crippen molar-refractivity contribution in [1.82, 2.24) is 4.90 Å². The van der Waals surface area contributed by atoms with Gasteiger partial charge >= 0.3 is 5.97 Å². The number of anilines is 1. The van der Waals surface area contributed by atoms with Crippen molar-refractivity contribution < 1.29 is 23.9 Å². The Hall–Kier alpha value is -2.70. The highest BCUT2D eigenvalue weighted by Gasteiger charge is 2.47. The number of esters is 1. The van der Waals surface area contributed by atoms with Crippen LogP contribution in [0.1, 0.15) is 71.1 Å². The molecule has 1 atom stereocenters. The van der Waals surface area contributed by atoms with Crippen LogP contribution in [0.5, 0.6) is 5.75 Å². The first-order chi connectivity index (χ1) is 15.0. The Morgan fingerprint density at radius 3 is 2.16 bits per heavy atom. The van der Waals surface area contributed by atoms with E-state index in [0.717, 1.165) is 57.8 Å². The Balaban J connectivity index is 1.56. The third-order valence-electron chi connectivity index (χ3n) is 6.74. The fourth-order valence-corrected chi connectivity index (χ4v) is 5.26. The highest BCUT2D eigenvalue weighted by molar-refractivity contribution is 6.23. The van der Waals surface area contributed by atoms with E-state index in [-0.39, 0.29) is 36.1 Å². The lowest BCUT2D eigenvalue weighted by Crippen LogP contribution is -2.52. The number of hydrogen-bond donors (Lipinski definition) is 0. The molecule has 0 spiro atoms. The zero-order valence-electron chi connectivity index (χ0n) is 18.0. The molecule has 4 rings (SSSR count). The molecule has 7 nitrogen and oxygen atoms in total. The van der Waals surface area contributed by atoms with Gasteiger partial charge in [-0.15, -0.1) is 0 Å². The first-order valence-corrected chi connectivity index (χ1v) is 11.4.